The van der Waals surface area contributed by atoms with E-state index in [1.54, 1.807) is 12.1 Å². The molecule has 1 aromatic carbocycles. The summed E-state index contributed by atoms with van der Waals surface area (Å²) in [5.74, 6) is -0.846. The fourth-order valence-corrected chi connectivity index (χ4v) is 4.35. The normalized spacial score (nSPS) is 23.0. The molecule has 0 saturated carbocycles. The number of nitrogens with zero attached hydrogens (tertiary/aromatic N) is 2. The van der Waals surface area contributed by atoms with Crippen LogP contribution in [-0.2, 0) is 19.6 Å². The van der Waals surface area contributed by atoms with Crippen LogP contribution in [0.3, 0.4) is 0 Å². The van der Waals surface area contributed by atoms with Crippen molar-refractivity contribution in [2.45, 2.75) is 25.5 Å². The maximum Gasteiger partial charge on any atom is 0.414 e. The second-order valence-electron chi connectivity index (χ2n) is 6.79. The van der Waals surface area contributed by atoms with Gasteiger partial charge in [0.05, 0.1) is 31.1 Å². The quantitative estimate of drug-likeness (QED) is 0.742. The molecule has 2 heterocycles. The van der Waals surface area contributed by atoms with E-state index in [2.05, 4.69) is 5.32 Å². The van der Waals surface area contributed by atoms with Gasteiger partial charge >= 0.3 is 6.09 Å². The number of ether oxygens (including phenoxy) is 1. The number of hydrogen-bond donors (Lipinski definition) is 1. The molecule has 1 unspecified atom stereocenters. The van der Waals surface area contributed by atoms with Crippen molar-refractivity contribution in [3.8, 4) is 0 Å². The van der Waals surface area contributed by atoms with E-state index in [-0.39, 0.29) is 31.1 Å². The zero-order chi connectivity index (χ0) is 20.5. The number of carbonyl (C=O) groups is 2. The summed E-state index contributed by atoms with van der Waals surface area (Å²) in [7, 11) is -3.50. The van der Waals surface area contributed by atoms with Crippen molar-refractivity contribution >= 4 is 27.7 Å². The topological polar surface area (TPSA) is 96.0 Å². The molecule has 1 N–H and O–H groups in total. The van der Waals surface area contributed by atoms with E-state index < -0.39 is 34.1 Å². The molecule has 0 spiro atoms. The van der Waals surface area contributed by atoms with E-state index in [9.17, 15) is 22.4 Å². The van der Waals surface area contributed by atoms with Crippen LogP contribution < -0.4 is 10.2 Å². The van der Waals surface area contributed by atoms with Crippen LogP contribution in [-0.4, -0.2) is 56.7 Å². The van der Waals surface area contributed by atoms with Crippen LogP contribution in [0.2, 0.25) is 0 Å². The van der Waals surface area contributed by atoms with Crippen LogP contribution in [0.4, 0.5) is 14.9 Å². The van der Waals surface area contributed by atoms with E-state index in [0.29, 0.717) is 12.1 Å². The van der Waals surface area contributed by atoms with Gasteiger partial charge in [-0.1, -0.05) is 18.2 Å². The lowest BCUT2D eigenvalue weighted by Gasteiger charge is -2.30. The van der Waals surface area contributed by atoms with Crippen LogP contribution in [0.1, 0.15) is 24.9 Å². The molecule has 2 amide bonds. The van der Waals surface area contributed by atoms with E-state index in [1.165, 1.54) is 28.3 Å². The van der Waals surface area contributed by atoms with E-state index in [1.807, 2.05) is 6.08 Å². The van der Waals surface area contributed by atoms with Gasteiger partial charge in [-0.05, 0) is 18.6 Å². The molecular weight excluding hydrogens is 389 g/mol. The lowest BCUT2D eigenvalue weighted by Crippen LogP contribution is -2.36. The van der Waals surface area contributed by atoms with Gasteiger partial charge in [-0.3, -0.25) is 9.69 Å². The Labute approximate surface area is 163 Å². The van der Waals surface area contributed by atoms with Crippen molar-refractivity contribution in [1.29, 1.82) is 0 Å². The number of carbonyl (C=O) groups excluding carboxylic acids is 2. The Bertz CT molecular complexity index is 918. The van der Waals surface area contributed by atoms with Gasteiger partial charge in [0.2, 0.25) is 15.9 Å². The van der Waals surface area contributed by atoms with Gasteiger partial charge in [0.15, 0.2) is 0 Å². The van der Waals surface area contributed by atoms with E-state index in [4.69, 9.17) is 4.74 Å². The van der Waals surface area contributed by atoms with Crippen molar-refractivity contribution in [3.63, 3.8) is 0 Å². The first-order chi connectivity index (χ1) is 13.2. The Morgan fingerprint density at radius 3 is 2.79 bits per heavy atom. The third-order valence-electron chi connectivity index (χ3n) is 4.64. The molecule has 2 aliphatic heterocycles. The number of rotatable bonds is 5. The van der Waals surface area contributed by atoms with Crippen molar-refractivity contribution in [3.05, 3.63) is 41.7 Å². The number of halogens is 1. The molecule has 152 valence electrons. The average Bonchev–Trinajstić information content (AvgIpc) is 3.00. The first-order valence-electron chi connectivity index (χ1n) is 8.82. The van der Waals surface area contributed by atoms with Crippen LogP contribution in [0, 0.1) is 5.82 Å². The highest BCUT2D eigenvalue weighted by atomic mass is 32.2. The summed E-state index contributed by atoms with van der Waals surface area (Å²) in [6, 6.07) is 3.51. The Morgan fingerprint density at radius 2 is 2.14 bits per heavy atom. The molecule has 0 aliphatic carbocycles. The summed E-state index contributed by atoms with van der Waals surface area (Å²) < 4.78 is 45.3. The Hall–Kier alpha value is -2.46. The number of amides is 2. The van der Waals surface area contributed by atoms with Crippen molar-refractivity contribution < 1.29 is 27.1 Å². The van der Waals surface area contributed by atoms with Gasteiger partial charge in [0, 0.05) is 19.0 Å². The highest BCUT2D eigenvalue weighted by molar-refractivity contribution is 7.88. The second kappa shape index (κ2) is 7.88. The molecule has 10 heteroatoms. The fraction of sp³-hybridized carbons (Fsp3) is 0.444. The molecule has 0 aromatic heterocycles. The van der Waals surface area contributed by atoms with Gasteiger partial charge in [-0.25, -0.2) is 17.6 Å². The molecule has 3 rings (SSSR count). The standard InChI is InChI=1S/C18H22FN3O5S/c1-12(23)20-10-14-11-21(18(24)27-14)13-6-7-15(16(19)9-13)17-5-3-4-8-22(17)28(2,25)26/h3,5-7,9,14,17H,4,8,10-11H2,1-2H3,(H,20,23)/t14-,17?/m0/s1. The summed E-state index contributed by atoms with van der Waals surface area (Å²) in [6.45, 7) is 2.00. The molecular formula is C18H22FN3O5S. The van der Waals surface area contributed by atoms with Crippen molar-refractivity contribution in [1.82, 2.24) is 9.62 Å². The lowest BCUT2D eigenvalue weighted by atomic mass is 10.0. The molecule has 1 aromatic rings. The predicted octanol–water partition coefficient (Wildman–Crippen LogP) is 1.55. The average molecular weight is 411 g/mol. The third kappa shape index (κ3) is 4.33. The first kappa shape index (κ1) is 20.3. The predicted molar refractivity (Wildman–Crippen MR) is 101 cm³/mol. The van der Waals surface area contributed by atoms with Crippen molar-refractivity contribution in [2.24, 2.45) is 0 Å². The molecule has 1 saturated heterocycles. The highest BCUT2D eigenvalue weighted by Crippen LogP contribution is 2.32. The second-order valence-corrected chi connectivity index (χ2v) is 8.73. The van der Waals surface area contributed by atoms with Gasteiger partial charge < -0.3 is 10.1 Å². The van der Waals surface area contributed by atoms with Gasteiger partial charge in [-0.15, -0.1) is 0 Å². The Balaban J connectivity index is 1.81. The van der Waals surface area contributed by atoms with Crippen LogP contribution >= 0.6 is 0 Å². The summed E-state index contributed by atoms with van der Waals surface area (Å²) in [5, 5.41) is 2.58. The lowest BCUT2D eigenvalue weighted by molar-refractivity contribution is -0.119. The smallest absolute Gasteiger partial charge is 0.414 e. The number of anilines is 1. The van der Waals surface area contributed by atoms with Crippen molar-refractivity contribution in [2.75, 3.05) is 30.8 Å². The van der Waals surface area contributed by atoms with Gasteiger partial charge in [-0.2, -0.15) is 4.31 Å². The first-order valence-corrected chi connectivity index (χ1v) is 10.7. The minimum atomic E-state index is -3.50. The fourth-order valence-electron chi connectivity index (χ4n) is 3.31. The molecule has 2 aliphatic rings. The number of sulfonamides is 1. The zero-order valence-electron chi connectivity index (χ0n) is 15.6. The monoisotopic (exact) mass is 411 g/mol. The number of nitrogens with one attached hydrogen (secondary N) is 1. The van der Waals surface area contributed by atoms with Crippen LogP contribution in [0.5, 0.6) is 0 Å². The number of benzene rings is 1. The van der Waals surface area contributed by atoms with E-state index in [0.717, 1.165) is 6.26 Å². The van der Waals surface area contributed by atoms with Gasteiger partial charge in [0.25, 0.3) is 0 Å². The van der Waals surface area contributed by atoms with Crippen LogP contribution in [0.25, 0.3) is 0 Å². The molecule has 1 fully saturated rings. The minimum Gasteiger partial charge on any atom is -0.442 e. The summed E-state index contributed by atoms with van der Waals surface area (Å²) in [5.41, 5.74) is 0.523. The largest absolute Gasteiger partial charge is 0.442 e. The number of cyclic esters (lactones) is 1. The Kier molecular flexibility index (Phi) is 5.71. The van der Waals surface area contributed by atoms with Crippen LogP contribution in [0.15, 0.2) is 30.4 Å². The van der Waals surface area contributed by atoms with E-state index >= 15 is 0 Å². The summed E-state index contributed by atoms with van der Waals surface area (Å²) in [4.78, 5) is 24.4. The zero-order valence-corrected chi connectivity index (χ0v) is 16.4. The third-order valence-corrected chi connectivity index (χ3v) is 5.90. The highest BCUT2D eigenvalue weighted by Gasteiger charge is 2.34. The molecule has 8 nitrogen and oxygen atoms in total. The summed E-state index contributed by atoms with van der Waals surface area (Å²) >= 11 is 0. The minimum absolute atomic E-state index is 0.175. The molecule has 0 radical (unpaired) electrons. The SMILES string of the molecule is CC(=O)NC[C@H]1CN(c2ccc(C3C=CCCN3S(C)(=O)=O)c(F)c2)C(=O)O1. The molecule has 28 heavy (non-hydrogen) atoms. The van der Waals surface area contributed by atoms with Gasteiger partial charge in [0.1, 0.15) is 11.9 Å². The summed E-state index contributed by atoms with van der Waals surface area (Å²) in [6.07, 6.45) is 4.00. The Morgan fingerprint density at radius 1 is 1.39 bits per heavy atom. The molecule has 2 atom stereocenters. The maximum absolute atomic E-state index is 14.8. The molecule has 0 bridgehead atoms. The maximum atomic E-state index is 14.8. The number of hydrogen-bond acceptors (Lipinski definition) is 5.